The van der Waals surface area contributed by atoms with Gasteiger partial charge in [0.05, 0.1) is 25.2 Å². The molecule has 0 saturated carbocycles. The summed E-state index contributed by atoms with van der Waals surface area (Å²) < 4.78 is 18.5. The van der Waals surface area contributed by atoms with Crippen LogP contribution < -0.4 is 5.32 Å². The SMILES string of the molecule is CC(C)C(C=O)NC(=O)C(CC(=O)N1CCOCC1)c1ccc(F)cc1. The fraction of sp³-hybridized carbons (Fsp3) is 0.526. The molecule has 1 saturated heterocycles. The number of rotatable bonds is 7. The Labute approximate surface area is 152 Å². The standard InChI is InChI=1S/C19H25FN2O4/c1-13(2)17(12-23)21-19(25)16(14-3-5-15(20)6-4-14)11-18(24)22-7-9-26-10-8-22/h3-6,12-13,16-17H,7-11H2,1-2H3,(H,21,25). The lowest BCUT2D eigenvalue weighted by atomic mass is 9.93. The number of amides is 2. The Hall–Kier alpha value is -2.28. The smallest absolute Gasteiger partial charge is 0.228 e. The van der Waals surface area contributed by atoms with Gasteiger partial charge in [-0.05, 0) is 23.6 Å². The molecule has 1 aromatic rings. The fourth-order valence-electron chi connectivity index (χ4n) is 2.80. The van der Waals surface area contributed by atoms with Crippen molar-refractivity contribution in [1.82, 2.24) is 10.2 Å². The van der Waals surface area contributed by atoms with Crippen LogP contribution in [0.15, 0.2) is 24.3 Å². The van der Waals surface area contributed by atoms with E-state index in [2.05, 4.69) is 5.32 Å². The molecule has 0 radical (unpaired) electrons. The molecule has 142 valence electrons. The number of carbonyl (C=O) groups excluding carboxylic acids is 3. The van der Waals surface area contributed by atoms with Gasteiger partial charge in [0.2, 0.25) is 11.8 Å². The minimum atomic E-state index is -0.785. The first-order valence-corrected chi connectivity index (χ1v) is 8.79. The summed E-state index contributed by atoms with van der Waals surface area (Å²) in [5, 5.41) is 2.69. The van der Waals surface area contributed by atoms with Crippen molar-refractivity contribution in [3.05, 3.63) is 35.6 Å². The molecule has 2 unspecified atom stereocenters. The van der Waals surface area contributed by atoms with Gasteiger partial charge >= 0.3 is 0 Å². The second-order valence-electron chi connectivity index (χ2n) is 6.72. The number of aldehydes is 1. The van der Waals surface area contributed by atoms with Crippen LogP contribution in [-0.2, 0) is 19.1 Å². The van der Waals surface area contributed by atoms with Crippen LogP contribution in [0.2, 0.25) is 0 Å². The largest absolute Gasteiger partial charge is 0.378 e. The van der Waals surface area contributed by atoms with Crippen molar-refractivity contribution in [1.29, 1.82) is 0 Å². The van der Waals surface area contributed by atoms with E-state index in [1.54, 1.807) is 4.90 Å². The maximum Gasteiger partial charge on any atom is 0.228 e. The van der Waals surface area contributed by atoms with Gasteiger partial charge in [0.1, 0.15) is 12.1 Å². The van der Waals surface area contributed by atoms with Gasteiger partial charge in [0.15, 0.2) is 0 Å². The van der Waals surface area contributed by atoms with Gasteiger partial charge in [-0.2, -0.15) is 0 Å². The third-order valence-electron chi connectivity index (χ3n) is 4.51. The van der Waals surface area contributed by atoms with Gasteiger partial charge in [0.25, 0.3) is 0 Å². The molecule has 6 nitrogen and oxygen atoms in total. The van der Waals surface area contributed by atoms with E-state index in [4.69, 9.17) is 4.74 Å². The number of nitrogens with one attached hydrogen (secondary N) is 1. The van der Waals surface area contributed by atoms with Gasteiger partial charge in [0, 0.05) is 19.5 Å². The summed E-state index contributed by atoms with van der Waals surface area (Å²) in [6, 6.07) is 4.88. The minimum Gasteiger partial charge on any atom is -0.378 e. The van der Waals surface area contributed by atoms with Crippen LogP contribution in [0.5, 0.6) is 0 Å². The van der Waals surface area contributed by atoms with Crippen molar-refractivity contribution >= 4 is 18.1 Å². The van der Waals surface area contributed by atoms with Gasteiger partial charge in [-0.1, -0.05) is 26.0 Å². The summed E-state index contributed by atoms with van der Waals surface area (Å²) in [6.45, 7) is 5.56. The number of morpholine rings is 1. The predicted molar refractivity (Wildman–Crippen MR) is 94.0 cm³/mol. The molecule has 1 aliphatic heterocycles. The summed E-state index contributed by atoms with van der Waals surface area (Å²) in [7, 11) is 0. The highest BCUT2D eigenvalue weighted by Crippen LogP contribution is 2.22. The Morgan fingerprint density at radius 2 is 1.85 bits per heavy atom. The average Bonchev–Trinajstić information content (AvgIpc) is 2.65. The second-order valence-corrected chi connectivity index (χ2v) is 6.72. The number of carbonyl (C=O) groups is 3. The number of hydrogen-bond acceptors (Lipinski definition) is 4. The molecule has 1 aliphatic rings. The Morgan fingerprint density at radius 1 is 1.23 bits per heavy atom. The van der Waals surface area contributed by atoms with Crippen LogP contribution in [-0.4, -0.2) is 55.3 Å². The Balaban J connectivity index is 2.17. The van der Waals surface area contributed by atoms with Gasteiger partial charge in [-0.3, -0.25) is 9.59 Å². The topological polar surface area (TPSA) is 75.7 Å². The molecule has 2 rings (SSSR count). The van der Waals surface area contributed by atoms with Crippen LogP contribution in [0, 0.1) is 11.7 Å². The maximum atomic E-state index is 13.2. The monoisotopic (exact) mass is 364 g/mol. The third kappa shape index (κ3) is 5.36. The molecule has 2 atom stereocenters. The molecule has 7 heteroatoms. The Bertz CT molecular complexity index is 627. The number of nitrogens with zero attached hydrogens (tertiary/aromatic N) is 1. The molecular formula is C19H25FN2O4. The van der Waals surface area contributed by atoms with Crippen LogP contribution in [0.1, 0.15) is 31.7 Å². The molecule has 2 amide bonds. The molecule has 1 aromatic carbocycles. The summed E-state index contributed by atoms with van der Waals surface area (Å²) in [6.07, 6.45) is 0.648. The quantitative estimate of drug-likeness (QED) is 0.744. The average molecular weight is 364 g/mol. The lowest BCUT2D eigenvalue weighted by molar-refractivity contribution is -0.138. The third-order valence-corrected chi connectivity index (χ3v) is 4.51. The van der Waals surface area contributed by atoms with Crippen LogP contribution in [0.4, 0.5) is 4.39 Å². The van der Waals surface area contributed by atoms with Crippen molar-refractivity contribution < 1.29 is 23.5 Å². The van der Waals surface area contributed by atoms with Crippen molar-refractivity contribution in [2.24, 2.45) is 5.92 Å². The highest BCUT2D eigenvalue weighted by Gasteiger charge is 2.29. The van der Waals surface area contributed by atoms with Crippen molar-refractivity contribution in [2.75, 3.05) is 26.3 Å². The normalized spacial score (nSPS) is 16.8. The number of benzene rings is 1. The summed E-state index contributed by atoms with van der Waals surface area (Å²) in [5.41, 5.74) is 0.541. The highest BCUT2D eigenvalue weighted by molar-refractivity contribution is 5.91. The van der Waals surface area contributed by atoms with Gasteiger partial charge in [-0.15, -0.1) is 0 Å². The summed E-state index contributed by atoms with van der Waals surface area (Å²) in [4.78, 5) is 38.2. The van der Waals surface area contributed by atoms with E-state index < -0.39 is 23.7 Å². The molecular weight excluding hydrogens is 339 g/mol. The first-order valence-electron chi connectivity index (χ1n) is 8.79. The molecule has 1 fully saturated rings. The minimum absolute atomic E-state index is 0.0405. The van der Waals surface area contributed by atoms with E-state index >= 15 is 0 Å². The first-order chi connectivity index (χ1) is 12.4. The van der Waals surface area contributed by atoms with E-state index in [-0.39, 0.29) is 18.2 Å². The molecule has 26 heavy (non-hydrogen) atoms. The van der Waals surface area contributed by atoms with E-state index in [1.807, 2.05) is 13.8 Å². The van der Waals surface area contributed by atoms with Crippen molar-refractivity contribution in [3.63, 3.8) is 0 Å². The molecule has 1 N–H and O–H groups in total. The lowest BCUT2D eigenvalue weighted by Crippen LogP contribution is -2.45. The zero-order valence-electron chi connectivity index (χ0n) is 15.1. The molecule has 0 aliphatic carbocycles. The zero-order valence-corrected chi connectivity index (χ0v) is 15.1. The molecule has 0 spiro atoms. The van der Waals surface area contributed by atoms with E-state index in [0.717, 1.165) is 0 Å². The summed E-state index contributed by atoms with van der Waals surface area (Å²) in [5.74, 6) is -1.85. The van der Waals surface area contributed by atoms with Crippen LogP contribution in [0.25, 0.3) is 0 Å². The Kier molecular flexibility index (Phi) is 7.26. The maximum absolute atomic E-state index is 13.2. The molecule has 0 aromatic heterocycles. The lowest BCUT2D eigenvalue weighted by Gasteiger charge is -2.29. The predicted octanol–water partition coefficient (Wildman–Crippen LogP) is 1.50. The fourth-order valence-corrected chi connectivity index (χ4v) is 2.80. The number of halogens is 1. The van der Waals surface area contributed by atoms with Gasteiger partial charge in [-0.25, -0.2) is 4.39 Å². The highest BCUT2D eigenvalue weighted by atomic mass is 19.1. The molecule has 1 heterocycles. The van der Waals surface area contributed by atoms with E-state index in [1.165, 1.54) is 24.3 Å². The Morgan fingerprint density at radius 3 is 2.38 bits per heavy atom. The van der Waals surface area contributed by atoms with Gasteiger partial charge < -0.3 is 19.7 Å². The van der Waals surface area contributed by atoms with Crippen LogP contribution >= 0.6 is 0 Å². The van der Waals surface area contributed by atoms with Crippen molar-refractivity contribution in [3.8, 4) is 0 Å². The number of ether oxygens (including phenoxy) is 1. The van der Waals surface area contributed by atoms with E-state index in [0.29, 0.717) is 38.2 Å². The summed E-state index contributed by atoms with van der Waals surface area (Å²) >= 11 is 0. The first kappa shape index (κ1) is 20.0. The molecule has 0 bridgehead atoms. The number of hydrogen-bond donors (Lipinski definition) is 1. The van der Waals surface area contributed by atoms with Crippen molar-refractivity contribution in [2.45, 2.75) is 32.2 Å². The zero-order chi connectivity index (χ0) is 19.1. The van der Waals surface area contributed by atoms with Crippen LogP contribution in [0.3, 0.4) is 0 Å². The van der Waals surface area contributed by atoms with E-state index in [9.17, 15) is 18.8 Å². The second kappa shape index (κ2) is 9.43.